The maximum Gasteiger partial charge on any atom is 0.340 e. The Labute approximate surface area is 182 Å². The van der Waals surface area contributed by atoms with Crippen LogP contribution in [0.3, 0.4) is 0 Å². The molecule has 1 saturated heterocycles. The Morgan fingerprint density at radius 1 is 0.935 bits per heavy atom. The van der Waals surface area contributed by atoms with Crippen molar-refractivity contribution in [2.45, 2.75) is 19.3 Å². The van der Waals surface area contributed by atoms with Gasteiger partial charge in [0.1, 0.15) is 0 Å². The number of ether oxygens (including phenoxy) is 3. The molecule has 2 aromatic carbocycles. The first-order chi connectivity index (χ1) is 15.0. The van der Waals surface area contributed by atoms with E-state index in [1.165, 1.54) is 52.3 Å². The van der Waals surface area contributed by atoms with E-state index in [0.717, 1.165) is 13.1 Å². The van der Waals surface area contributed by atoms with Gasteiger partial charge in [0.25, 0.3) is 0 Å². The quantitative estimate of drug-likeness (QED) is 0.623. The van der Waals surface area contributed by atoms with Gasteiger partial charge >= 0.3 is 5.97 Å². The third kappa shape index (κ3) is 5.59. The van der Waals surface area contributed by atoms with Crippen molar-refractivity contribution in [1.29, 1.82) is 0 Å². The molecule has 3 rings (SSSR count). The zero-order chi connectivity index (χ0) is 22.2. The second-order valence-electron chi connectivity index (χ2n) is 7.24. The van der Waals surface area contributed by atoms with Crippen LogP contribution in [-0.2, 0) is 9.53 Å². The molecule has 0 atom stereocenters. The van der Waals surface area contributed by atoms with Crippen molar-refractivity contribution in [3.8, 4) is 11.5 Å². The SMILES string of the molecule is COC(=O)c1cc(OC)c(OC)cc1NCC(=O)Nc1ccc(N2CCCCC2)cc1. The van der Waals surface area contributed by atoms with Gasteiger partial charge in [-0.1, -0.05) is 0 Å². The molecule has 0 bridgehead atoms. The molecule has 0 saturated carbocycles. The van der Waals surface area contributed by atoms with Crippen molar-refractivity contribution >= 4 is 28.9 Å². The van der Waals surface area contributed by atoms with Crippen LogP contribution in [0.4, 0.5) is 17.1 Å². The van der Waals surface area contributed by atoms with E-state index < -0.39 is 5.97 Å². The number of hydrogen-bond donors (Lipinski definition) is 2. The van der Waals surface area contributed by atoms with Crippen LogP contribution in [0, 0.1) is 0 Å². The fraction of sp³-hybridized carbons (Fsp3) is 0.391. The number of nitrogens with one attached hydrogen (secondary N) is 2. The van der Waals surface area contributed by atoms with Crippen molar-refractivity contribution < 1.29 is 23.8 Å². The Balaban J connectivity index is 1.64. The highest BCUT2D eigenvalue weighted by Gasteiger charge is 2.18. The average molecular weight is 428 g/mol. The Bertz CT molecular complexity index is 908. The van der Waals surface area contributed by atoms with Gasteiger partial charge in [0.2, 0.25) is 5.91 Å². The summed E-state index contributed by atoms with van der Waals surface area (Å²) in [5.41, 5.74) is 2.55. The normalized spacial score (nSPS) is 13.3. The number of benzene rings is 2. The van der Waals surface area contributed by atoms with Gasteiger partial charge in [-0.05, 0) is 43.5 Å². The number of carbonyl (C=O) groups excluding carboxylic acids is 2. The number of esters is 1. The van der Waals surface area contributed by atoms with E-state index >= 15 is 0 Å². The zero-order valence-corrected chi connectivity index (χ0v) is 18.2. The van der Waals surface area contributed by atoms with Crippen LogP contribution in [0.15, 0.2) is 36.4 Å². The summed E-state index contributed by atoms with van der Waals surface area (Å²) in [6.45, 7) is 2.11. The lowest BCUT2D eigenvalue weighted by atomic mass is 10.1. The molecule has 1 fully saturated rings. The lowest BCUT2D eigenvalue weighted by Crippen LogP contribution is -2.29. The van der Waals surface area contributed by atoms with Gasteiger partial charge in [-0.25, -0.2) is 4.79 Å². The van der Waals surface area contributed by atoms with Crippen LogP contribution in [0.2, 0.25) is 0 Å². The van der Waals surface area contributed by atoms with Crippen LogP contribution in [0.5, 0.6) is 11.5 Å². The maximum absolute atomic E-state index is 12.4. The van der Waals surface area contributed by atoms with E-state index in [4.69, 9.17) is 14.2 Å². The highest BCUT2D eigenvalue weighted by Crippen LogP contribution is 2.33. The molecule has 8 heteroatoms. The number of rotatable bonds is 8. The highest BCUT2D eigenvalue weighted by atomic mass is 16.5. The van der Waals surface area contributed by atoms with Gasteiger partial charge in [0, 0.05) is 36.6 Å². The molecule has 1 heterocycles. The molecule has 8 nitrogen and oxygen atoms in total. The van der Waals surface area contributed by atoms with Crippen LogP contribution >= 0.6 is 0 Å². The molecule has 0 aliphatic carbocycles. The van der Waals surface area contributed by atoms with Crippen molar-refractivity contribution in [2.75, 3.05) is 56.5 Å². The molecule has 1 aliphatic heterocycles. The molecule has 31 heavy (non-hydrogen) atoms. The standard InChI is InChI=1S/C23H29N3O5/c1-29-20-13-18(23(28)31-3)19(14-21(20)30-2)24-15-22(27)25-16-7-9-17(10-8-16)26-11-5-4-6-12-26/h7-10,13-14,24H,4-6,11-12,15H2,1-3H3,(H,25,27). The van der Waals surface area contributed by atoms with Gasteiger partial charge in [0.05, 0.1) is 39.1 Å². The minimum Gasteiger partial charge on any atom is -0.493 e. The van der Waals surface area contributed by atoms with E-state index in [9.17, 15) is 9.59 Å². The summed E-state index contributed by atoms with van der Waals surface area (Å²) in [7, 11) is 4.28. The number of amides is 1. The predicted molar refractivity (Wildman–Crippen MR) is 121 cm³/mol. The number of nitrogens with zero attached hydrogens (tertiary/aromatic N) is 1. The lowest BCUT2D eigenvalue weighted by Gasteiger charge is -2.28. The minimum absolute atomic E-state index is 0.0344. The van der Waals surface area contributed by atoms with Crippen LogP contribution < -0.4 is 25.0 Å². The minimum atomic E-state index is -0.544. The van der Waals surface area contributed by atoms with E-state index in [2.05, 4.69) is 15.5 Å². The fourth-order valence-corrected chi connectivity index (χ4v) is 3.59. The number of carbonyl (C=O) groups is 2. The fourth-order valence-electron chi connectivity index (χ4n) is 3.59. The average Bonchev–Trinajstić information content (AvgIpc) is 2.82. The first-order valence-corrected chi connectivity index (χ1v) is 10.3. The smallest absolute Gasteiger partial charge is 0.340 e. The van der Waals surface area contributed by atoms with Gasteiger partial charge in [0.15, 0.2) is 11.5 Å². The third-order valence-corrected chi connectivity index (χ3v) is 5.24. The summed E-state index contributed by atoms with van der Waals surface area (Å²) in [5.74, 6) is 0.0477. The van der Waals surface area contributed by atoms with Crippen molar-refractivity contribution in [3.05, 3.63) is 42.0 Å². The summed E-state index contributed by atoms with van der Waals surface area (Å²) in [4.78, 5) is 26.9. The zero-order valence-electron chi connectivity index (χ0n) is 18.2. The van der Waals surface area contributed by atoms with E-state index in [-0.39, 0.29) is 18.0 Å². The molecular weight excluding hydrogens is 398 g/mol. The maximum atomic E-state index is 12.4. The van der Waals surface area contributed by atoms with Crippen molar-refractivity contribution in [3.63, 3.8) is 0 Å². The molecule has 2 aromatic rings. The summed E-state index contributed by atoms with van der Waals surface area (Å²) < 4.78 is 15.4. The Morgan fingerprint density at radius 3 is 2.19 bits per heavy atom. The summed E-state index contributed by atoms with van der Waals surface area (Å²) in [5, 5.41) is 5.85. The number of anilines is 3. The van der Waals surface area contributed by atoms with Gasteiger partial charge in [-0.15, -0.1) is 0 Å². The second kappa shape index (κ2) is 10.6. The Hall–Kier alpha value is -3.42. The third-order valence-electron chi connectivity index (χ3n) is 5.24. The first-order valence-electron chi connectivity index (χ1n) is 10.3. The lowest BCUT2D eigenvalue weighted by molar-refractivity contribution is -0.114. The molecule has 1 aliphatic rings. The van der Waals surface area contributed by atoms with Crippen molar-refractivity contribution in [2.24, 2.45) is 0 Å². The van der Waals surface area contributed by atoms with Gasteiger partial charge in [-0.3, -0.25) is 4.79 Å². The molecule has 0 aromatic heterocycles. The second-order valence-corrected chi connectivity index (χ2v) is 7.24. The summed E-state index contributed by atoms with van der Waals surface area (Å²) >= 11 is 0. The Morgan fingerprint density at radius 2 is 1.58 bits per heavy atom. The number of piperidine rings is 1. The van der Waals surface area contributed by atoms with E-state index in [1.54, 1.807) is 6.07 Å². The highest BCUT2D eigenvalue weighted by molar-refractivity contribution is 5.99. The van der Waals surface area contributed by atoms with Crippen molar-refractivity contribution in [1.82, 2.24) is 0 Å². The summed E-state index contributed by atoms with van der Waals surface area (Å²) in [6.07, 6.45) is 3.72. The molecule has 0 radical (unpaired) electrons. The Kier molecular flexibility index (Phi) is 7.59. The molecule has 1 amide bonds. The van der Waals surface area contributed by atoms with Crippen LogP contribution in [0.1, 0.15) is 29.6 Å². The molecule has 0 unspecified atom stereocenters. The van der Waals surface area contributed by atoms with Gasteiger partial charge < -0.3 is 29.7 Å². The van der Waals surface area contributed by atoms with E-state index in [0.29, 0.717) is 22.9 Å². The molecule has 166 valence electrons. The summed E-state index contributed by atoms with van der Waals surface area (Å²) in [6, 6.07) is 11.0. The number of hydrogen-bond acceptors (Lipinski definition) is 7. The van der Waals surface area contributed by atoms with Crippen LogP contribution in [0.25, 0.3) is 0 Å². The molecule has 0 spiro atoms. The largest absolute Gasteiger partial charge is 0.493 e. The molecule has 2 N–H and O–H groups in total. The topological polar surface area (TPSA) is 89.1 Å². The molecular formula is C23H29N3O5. The van der Waals surface area contributed by atoms with Gasteiger partial charge in [-0.2, -0.15) is 0 Å². The van der Waals surface area contributed by atoms with E-state index in [1.807, 2.05) is 24.3 Å². The van der Waals surface area contributed by atoms with Crippen LogP contribution in [-0.4, -0.2) is 52.8 Å². The number of methoxy groups -OCH3 is 3. The predicted octanol–water partition coefficient (Wildman–Crippen LogP) is 3.53. The first kappa shape index (κ1) is 22.3. The monoisotopic (exact) mass is 427 g/mol.